The van der Waals surface area contributed by atoms with Crippen molar-refractivity contribution in [3.8, 4) is 0 Å². The average Bonchev–Trinajstić information content (AvgIpc) is 2.49. The number of hydrogen-bond acceptors (Lipinski definition) is 2. The van der Waals surface area contributed by atoms with Crippen LogP contribution in [-0.2, 0) is 6.18 Å². The summed E-state index contributed by atoms with van der Waals surface area (Å²) >= 11 is 6.08. The molecule has 1 aromatic carbocycles. The fourth-order valence-electron chi connectivity index (χ4n) is 2.54. The molecular formula is C16H14ClF3N2O. The van der Waals surface area contributed by atoms with Crippen molar-refractivity contribution in [3.05, 3.63) is 63.9 Å². The second-order valence-electron chi connectivity index (χ2n) is 5.03. The zero-order chi connectivity index (χ0) is 17.2. The van der Waals surface area contributed by atoms with Gasteiger partial charge in [-0.15, -0.1) is 0 Å². The van der Waals surface area contributed by atoms with Gasteiger partial charge in [-0.1, -0.05) is 24.6 Å². The van der Waals surface area contributed by atoms with Crippen LogP contribution in [0.4, 0.5) is 13.2 Å². The number of amides is 1. The van der Waals surface area contributed by atoms with Crippen LogP contribution >= 0.6 is 11.6 Å². The van der Waals surface area contributed by atoms with Crippen LogP contribution in [0.3, 0.4) is 0 Å². The molecule has 1 amide bonds. The Hall–Kier alpha value is -2.08. The summed E-state index contributed by atoms with van der Waals surface area (Å²) in [6, 6.07) is 5.27. The van der Waals surface area contributed by atoms with Crippen molar-refractivity contribution < 1.29 is 18.0 Å². The van der Waals surface area contributed by atoms with Gasteiger partial charge in [0.15, 0.2) is 0 Å². The lowest BCUT2D eigenvalue weighted by Gasteiger charge is -2.23. The summed E-state index contributed by atoms with van der Waals surface area (Å²) in [5, 5.41) is -0.135. The summed E-state index contributed by atoms with van der Waals surface area (Å²) in [4.78, 5) is 15.2. The monoisotopic (exact) mass is 342 g/mol. The van der Waals surface area contributed by atoms with Crippen LogP contribution < -0.4 is 5.73 Å². The minimum absolute atomic E-state index is 0.0698. The Balaban J connectivity index is 2.71. The van der Waals surface area contributed by atoms with Gasteiger partial charge < -0.3 is 5.73 Å². The van der Waals surface area contributed by atoms with Crippen molar-refractivity contribution in [2.75, 3.05) is 0 Å². The maximum Gasteiger partial charge on any atom is 0.416 e. The van der Waals surface area contributed by atoms with Crippen molar-refractivity contribution in [2.24, 2.45) is 5.73 Å². The molecule has 0 bridgehead atoms. The highest BCUT2D eigenvalue weighted by atomic mass is 35.5. The molecule has 2 aromatic rings. The summed E-state index contributed by atoms with van der Waals surface area (Å²) < 4.78 is 40.4. The quantitative estimate of drug-likeness (QED) is 0.895. The lowest BCUT2D eigenvalue weighted by molar-refractivity contribution is -0.138. The number of nitrogens with two attached hydrogens (primary N) is 1. The Morgan fingerprint density at radius 2 is 2.09 bits per heavy atom. The van der Waals surface area contributed by atoms with Crippen LogP contribution in [0.25, 0.3) is 0 Å². The number of carbonyl (C=O) groups excluding carboxylic acids is 1. The standard InChI is InChI=1S/C16H14ClF3N2O/c1-2-11(9-4-3-5-22-8-9)14-12(16(18,19)20)6-10(15(21)23)7-13(14)17/h3-8,11H,2H2,1H3,(H2,21,23). The van der Waals surface area contributed by atoms with Gasteiger partial charge in [0.1, 0.15) is 0 Å². The third-order valence-corrected chi connectivity index (χ3v) is 3.88. The molecule has 1 heterocycles. The fraction of sp³-hybridized carbons (Fsp3) is 0.250. The summed E-state index contributed by atoms with van der Waals surface area (Å²) in [6.07, 6.45) is -1.21. The number of benzene rings is 1. The average molecular weight is 343 g/mol. The van der Waals surface area contributed by atoms with Crippen LogP contribution in [-0.4, -0.2) is 10.9 Å². The van der Waals surface area contributed by atoms with E-state index < -0.39 is 23.6 Å². The SMILES string of the molecule is CCC(c1cccnc1)c1c(Cl)cc(C(N)=O)cc1C(F)(F)F. The molecule has 2 N–H and O–H groups in total. The molecule has 23 heavy (non-hydrogen) atoms. The van der Waals surface area contributed by atoms with Gasteiger partial charge in [0.2, 0.25) is 5.91 Å². The Labute approximate surface area is 136 Å². The van der Waals surface area contributed by atoms with Gasteiger partial charge in [0, 0.05) is 28.9 Å². The Bertz CT molecular complexity index is 717. The molecule has 7 heteroatoms. The van der Waals surface area contributed by atoms with E-state index in [4.69, 9.17) is 17.3 Å². The lowest BCUT2D eigenvalue weighted by atomic mass is 9.86. The molecule has 3 nitrogen and oxygen atoms in total. The third kappa shape index (κ3) is 3.64. The first kappa shape index (κ1) is 17.3. The van der Waals surface area contributed by atoms with E-state index in [1.807, 2.05) is 0 Å². The predicted molar refractivity (Wildman–Crippen MR) is 81.3 cm³/mol. The first-order chi connectivity index (χ1) is 10.8. The van der Waals surface area contributed by atoms with E-state index >= 15 is 0 Å². The molecule has 122 valence electrons. The van der Waals surface area contributed by atoms with E-state index in [-0.39, 0.29) is 16.1 Å². The summed E-state index contributed by atoms with van der Waals surface area (Å²) in [5.41, 5.74) is 4.42. The van der Waals surface area contributed by atoms with E-state index in [9.17, 15) is 18.0 Å². The molecule has 0 spiro atoms. The fourth-order valence-corrected chi connectivity index (χ4v) is 2.89. The summed E-state index contributed by atoms with van der Waals surface area (Å²) in [5.74, 6) is -1.55. The van der Waals surface area contributed by atoms with E-state index in [2.05, 4.69) is 4.98 Å². The van der Waals surface area contributed by atoms with Crippen LogP contribution in [0.15, 0.2) is 36.7 Å². The predicted octanol–water partition coefficient (Wildman–Crippen LogP) is 4.39. The maximum absolute atomic E-state index is 13.5. The van der Waals surface area contributed by atoms with Gasteiger partial charge in [0.05, 0.1) is 5.56 Å². The molecule has 0 fully saturated rings. The van der Waals surface area contributed by atoms with E-state index in [1.165, 1.54) is 12.3 Å². The van der Waals surface area contributed by atoms with Gasteiger partial charge >= 0.3 is 6.18 Å². The van der Waals surface area contributed by atoms with Crippen LogP contribution in [0, 0.1) is 0 Å². The number of pyridine rings is 1. The van der Waals surface area contributed by atoms with Crippen molar-refractivity contribution in [3.63, 3.8) is 0 Å². The van der Waals surface area contributed by atoms with E-state index in [1.54, 1.807) is 25.3 Å². The normalized spacial score (nSPS) is 12.9. The van der Waals surface area contributed by atoms with Crippen LogP contribution in [0.2, 0.25) is 5.02 Å². The third-order valence-electron chi connectivity index (χ3n) is 3.56. The zero-order valence-corrected chi connectivity index (χ0v) is 12.9. The van der Waals surface area contributed by atoms with Crippen molar-refractivity contribution in [1.82, 2.24) is 4.98 Å². The second-order valence-corrected chi connectivity index (χ2v) is 5.44. The first-order valence-corrected chi connectivity index (χ1v) is 7.23. The number of alkyl halides is 3. The topological polar surface area (TPSA) is 56.0 Å². The molecule has 0 aliphatic carbocycles. The highest BCUT2D eigenvalue weighted by Gasteiger charge is 2.37. The molecule has 0 radical (unpaired) electrons. The highest BCUT2D eigenvalue weighted by molar-refractivity contribution is 6.32. The lowest BCUT2D eigenvalue weighted by Crippen LogP contribution is -2.18. The molecule has 1 atom stereocenters. The molecule has 1 unspecified atom stereocenters. The zero-order valence-electron chi connectivity index (χ0n) is 12.2. The number of primary amides is 1. The largest absolute Gasteiger partial charge is 0.416 e. The molecule has 0 aliphatic heterocycles. The number of hydrogen-bond donors (Lipinski definition) is 1. The minimum atomic E-state index is -4.65. The van der Waals surface area contributed by atoms with Gasteiger partial charge in [-0.2, -0.15) is 13.2 Å². The Kier molecular flexibility index (Phi) is 4.94. The number of carbonyl (C=O) groups is 1. The number of halogens is 4. The first-order valence-electron chi connectivity index (χ1n) is 6.86. The van der Waals surface area contributed by atoms with Crippen molar-refractivity contribution in [2.45, 2.75) is 25.4 Å². The van der Waals surface area contributed by atoms with Gasteiger partial charge in [-0.05, 0) is 35.7 Å². The molecule has 2 rings (SSSR count). The van der Waals surface area contributed by atoms with Crippen molar-refractivity contribution in [1.29, 1.82) is 0 Å². The van der Waals surface area contributed by atoms with Gasteiger partial charge in [0.25, 0.3) is 0 Å². The van der Waals surface area contributed by atoms with Crippen LogP contribution in [0.1, 0.15) is 46.3 Å². The van der Waals surface area contributed by atoms with Gasteiger partial charge in [-0.25, -0.2) is 0 Å². The molecule has 0 saturated carbocycles. The summed E-state index contributed by atoms with van der Waals surface area (Å²) in [6.45, 7) is 1.76. The Morgan fingerprint density at radius 1 is 1.39 bits per heavy atom. The molecule has 1 aromatic heterocycles. The molecule has 0 saturated heterocycles. The van der Waals surface area contributed by atoms with E-state index in [0.29, 0.717) is 12.0 Å². The molecular weight excluding hydrogens is 329 g/mol. The van der Waals surface area contributed by atoms with E-state index in [0.717, 1.165) is 6.07 Å². The maximum atomic E-state index is 13.5. The number of aromatic nitrogens is 1. The number of rotatable bonds is 4. The second kappa shape index (κ2) is 6.58. The van der Waals surface area contributed by atoms with Crippen molar-refractivity contribution >= 4 is 17.5 Å². The number of nitrogens with zero attached hydrogens (tertiary/aromatic N) is 1. The van der Waals surface area contributed by atoms with Crippen LogP contribution in [0.5, 0.6) is 0 Å². The summed E-state index contributed by atoms with van der Waals surface area (Å²) in [7, 11) is 0. The van der Waals surface area contributed by atoms with Gasteiger partial charge in [-0.3, -0.25) is 9.78 Å². The molecule has 0 aliphatic rings. The highest BCUT2D eigenvalue weighted by Crippen LogP contribution is 2.42. The smallest absolute Gasteiger partial charge is 0.366 e. The minimum Gasteiger partial charge on any atom is -0.366 e. The Morgan fingerprint density at radius 3 is 2.57 bits per heavy atom.